The van der Waals surface area contributed by atoms with Crippen LogP contribution in [-0.2, 0) is 14.4 Å². The van der Waals surface area contributed by atoms with Gasteiger partial charge in [-0.05, 0) is 12.1 Å². The second kappa shape index (κ2) is 6.94. The van der Waals surface area contributed by atoms with Gasteiger partial charge in [-0.15, -0.1) is 11.8 Å². The first-order chi connectivity index (χ1) is 8.91. The van der Waals surface area contributed by atoms with E-state index < -0.39 is 0 Å². The van der Waals surface area contributed by atoms with E-state index in [0.29, 0.717) is 0 Å². The van der Waals surface area contributed by atoms with Crippen LogP contribution in [0.25, 0.3) is 0 Å². The van der Waals surface area contributed by atoms with Gasteiger partial charge < -0.3 is 4.90 Å². The maximum atomic E-state index is 11.4. The summed E-state index contributed by atoms with van der Waals surface area (Å²) >= 11 is 1.28. The molecule has 1 N–H and O–H groups in total. The molecule has 0 aliphatic heterocycles. The van der Waals surface area contributed by atoms with E-state index in [1.165, 1.54) is 30.5 Å². The van der Waals surface area contributed by atoms with Gasteiger partial charge in [0.2, 0.25) is 17.7 Å². The lowest BCUT2D eigenvalue weighted by molar-refractivity contribution is -0.127. The number of nitrogens with zero attached hydrogens (tertiary/aromatic N) is 1. The second-order valence-electron chi connectivity index (χ2n) is 3.94. The average Bonchev–Trinajstić information content (AvgIpc) is 2.35. The largest absolute Gasteiger partial charge is 0.315 e. The van der Waals surface area contributed by atoms with Gasteiger partial charge in [-0.1, -0.05) is 12.1 Å². The molecule has 19 heavy (non-hydrogen) atoms. The maximum absolute atomic E-state index is 11.4. The molecule has 5 nitrogen and oxygen atoms in total. The molecule has 0 heterocycles. The zero-order chi connectivity index (χ0) is 14.4. The molecule has 0 radical (unpaired) electrons. The van der Waals surface area contributed by atoms with Gasteiger partial charge in [0.1, 0.15) is 0 Å². The van der Waals surface area contributed by atoms with Crippen molar-refractivity contribution < 1.29 is 14.4 Å². The molecule has 0 atom stereocenters. The first-order valence-corrected chi connectivity index (χ1v) is 6.67. The van der Waals surface area contributed by atoms with Crippen LogP contribution < -0.4 is 10.2 Å². The Hall–Kier alpha value is -1.82. The molecule has 0 unspecified atom stereocenters. The van der Waals surface area contributed by atoms with E-state index in [4.69, 9.17) is 0 Å². The number of thioether (sulfide) groups is 1. The summed E-state index contributed by atoms with van der Waals surface area (Å²) < 4.78 is 0. The lowest BCUT2D eigenvalue weighted by atomic mass is 10.3. The van der Waals surface area contributed by atoms with Crippen molar-refractivity contribution in [3.63, 3.8) is 0 Å². The van der Waals surface area contributed by atoms with Crippen LogP contribution in [0.1, 0.15) is 13.8 Å². The predicted octanol–water partition coefficient (Wildman–Crippen LogP) is 1.42. The van der Waals surface area contributed by atoms with Crippen molar-refractivity contribution in [2.45, 2.75) is 18.7 Å². The number of carbonyl (C=O) groups excluding carboxylic acids is 3. The predicted molar refractivity (Wildman–Crippen MR) is 75.1 cm³/mol. The monoisotopic (exact) mass is 280 g/mol. The van der Waals surface area contributed by atoms with Crippen molar-refractivity contribution >= 4 is 35.2 Å². The molecule has 6 heteroatoms. The van der Waals surface area contributed by atoms with Crippen LogP contribution in [0.5, 0.6) is 0 Å². The fourth-order valence-electron chi connectivity index (χ4n) is 1.40. The zero-order valence-corrected chi connectivity index (χ0v) is 11.9. The zero-order valence-electron chi connectivity index (χ0n) is 11.1. The molecule has 0 aliphatic rings. The van der Waals surface area contributed by atoms with Crippen LogP contribution in [0.3, 0.4) is 0 Å². The lowest BCUT2D eigenvalue weighted by Crippen LogP contribution is -2.29. The number of nitrogens with one attached hydrogen (secondary N) is 1. The van der Waals surface area contributed by atoms with E-state index >= 15 is 0 Å². The summed E-state index contributed by atoms with van der Waals surface area (Å²) in [6.45, 7) is 2.77. The van der Waals surface area contributed by atoms with E-state index in [1.807, 2.05) is 24.3 Å². The third-order valence-corrected chi connectivity index (χ3v) is 3.44. The van der Waals surface area contributed by atoms with Crippen LogP contribution >= 0.6 is 11.8 Å². The summed E-state index contributed by atoms with van der Waals surface area (Å²) in [5, 5.41) is 2.21. The van der Waals surface area contributed by atoms with Crippen molar-refractivity contribution in [2.24, 2.45) is 0 Å². The SMILES string of the molecule is CC(=O)NC(=O)CSc1ccccc1N(C)C(C)=O. The molecule has 0 aliphatic carbocycles. The summed E-state index contributed by atoms with van der Waals surface area (Å²) in [7, 11) is 1.68. The Labute approximate surface area is 116 Å². The second-order valence-corrected chi connectivity index (χ2v) is 4.96. The first-order valence-electron chi connectivity index (χ1n) is 5.68. The fourth-order valence-corrected chi connectivity index (χ4v) is 2.29. The Bertz CT molecular complexity index is 502. The third kappa shape index (κ3) is 4.75. The summed E-state index contributed by atoms with van der Waals surface area (Å²) in [6.07, 6.45) is 0. The van der Waals surface area contributed by atoms with Gasteiger partial charge in [0.15, 0.2) is 0 Å². The maximum Gasteiger partial charge on any atom is 0.236 e. The number of benzene rings is 1. The van der Waals surface area contributed by atoms with E-state index in [0.717, 1.165) is 10.6 Å². The minimum Gasteiger partial charge on any atom is -0.315 e. The van der Waals surface area contributed by atoms with Gasteiger partial charge in [-0.2, -0.15) is 0 Å². The Morgan fingerprint density at radius 2 is 1.84 bits per heavy atom. The van der Waals surface area contributed by atoms with Gasteiger partial charge in [0.05, 0.1) is 11.4 Å². The quantitative estimate of drug-likeness (QED) is 0.847. The molecule has 0 aromatic heterocycles. The smallest absolute Gasteiger partial charge is 0.236 e. The number of para-hydroxylation sites is 1. The van der Waals surface area contributed by atoms with Crippen LogP contribution in [0, 0.1) is 0 Å². The highest BCUT2D eigenvalue weighted by molar-refractivity contribution is 8.00. The molecule has 102 valence electrons. The Morgan fingerprint density at radius 3 is 2.42 bits per heavy atom. The van der Waals surface area contributed by atoms with Crippen LogP contribution in [0.15, 0.2) is 29.2 Å². The van der Waals surface area contributed by atoms with Gasteiger partial charge in [-0.25, -0.2) is 0 Å². The molecule has 0 saturated heterocycles. The average molecular weight is 280 g/mol. The van der Waals surface area contributed by atoms with Gasteiger partial charge in [0.25, 0.3) is 0 Å². The van der Waals surface area contributed by atoms with Crippen molar-refractivity contribution in [3.05, 3.63) is 24.3 Å². The summed E-state index contributed by atoms with van der Waals surface area (Å²) in [5.41, 5.74) is 0.746. The van der Waals surface area contributed by atoms with Crippen LogP contribution in [0.4, 0.5) is 5.69 Å². The fraction of sp³-hybridized carbons (Fsp3) is 0.308. The van der Waals surface area contributed by atoms with E-state index in [-0.39, 0.29) is 23.5 Å². The highest BCUT2D eigenvalue weighted by Crippen LogP contribution is 2.29. The van der Waals surface area contributed by atoms with Gasteiger partial charge >= 0.3 is 0 Å². The van der Waals surface area contributed by atoms with Gasteiger partial charge in [-0.3, -0.25) is 19.7 Å². The normalized spacial score (nSPS) is 9.84. The van der Waals surface area contributed by atoms with Gasteiger partial charge in [0, 0.05) is 25.8 Å². The van der Waals surface area contributed by atoms with Crippen LogP contribution in [0.2, 0.25) is 0 Å². The van der Waals surface area contributed by atoms with E-state index in [9.17, 15) is 14.4 Å². The van der Waals surface area contributed by atoms with E-state index in [1.54, 1.807) is 7.05 Å². The number of carbonyl (C=O) groups is 3. The summed E-state index contributed by atoms with van der Waals surface area (Å²) in [6, 6.07) is 7.31. The highest BCUT2D eigenvalue weighted by atomic mass is 32.2. The minimum atomic E-state index is -0.375. The minimum absolute atomic E-state index is 0.0822. The number of amides is 3. The van der Waals surface area contributed by atoms with Crippen molar-refractivity contribution in [3.8, 4) is 0 Å². The molecule has 0 bridgehead atoms. The molecule has 0 saturated carbocycles. The number of rotatable bonds is 4. The van der Waals surface area contributed by atoms with Crippen molar-refractivity contribution in [2.75, 3.05) is 17.7 Å². The van der Waals surface area contributed by atoms with Crippen molar-refractivity contribution in [1.82, 2.24) is 5.32 Å². The Morgan fingerprint density at radius 1 is 1.21 bits per heavy atom. The molecule has 0 spiro atoms. The summed E-state index contributed by atoms with van der Waals surface area (Å²) in [4.78, 5) is 35.9. The Balaban J connectivity index is 2.76. The Kier molecular flexibility index (Phi) is 5.57. The topological polar surface area (TPSA) is 66.5 Å². The number of hydrogen-bond acceptors (Lipinski definition) is 4. The lowest BCUT2D eigenvalue weighted by Gasteiger charge is -2.18. The molecular weight excluding hydrogens is 264 g/mol. The highest BCUT2D eigenvalue weighted by Gasteiger charge is 2.12. The number of imide groups is 1. The molecule has 1 rings (SSSR count). The standard InChI is InChI=1S/C13H16N2O3S/c1-9(16)14-13(18)8-19-12-7-5-4-6-11(12)15(3)10(2)17/h4-7H,8H2,1-3H3,(H,14,16,18). The number of hydrogen-bond donors (Lipinski definition) is 1. The van der Waals surface area contributed by atoms with Crippen LogP contribution in [-0.4, -0.2) is 30.5 Å². The number of anilines is 1. The molecule has 3 amide bonds. The van der Waals surface area contributed by atoms with Crippen molar-refractivity contribution in [1.29, 1.82) is 0 Å². The molecule has 1 aromatic carbocycles. The molecular formula is C13H16N2O3S. The summed E-state index contributed by atoms with van der Waals surface area (Å²) in [5.74, 6) is -0.679. The first kappa shape index (κ1) is 15.2. The molecule has 0 fully saturated rings. The van der Waals surface area contributed by atoms with E-state index in [2.05, 4.69) is 5.32 Å². The molecule has 1 aromatic rings. The third-order valence-electron chi connectivity index (χ3n) is 2.37.